The topological polar surface area (TPSA) is 50.9 Å². The van der Waals surface area contributed by atoms with Gasteiger partial charge in [-0.3, -0.25) is 4.68 Å². The molecule has 0 fully saturated rings. The van der Waals surface area contributed by atoms with Gasteiger partial charge in [0.05, 0.1) is 11.7 Å². The Morgan fingerprint density at radius 3 is 3.08 bits per heavy atom. The Kier molecular flexibility index (Phi) is 1.27. The molecule has 0 saturated heterocycles. The molecule has 0 saturated carbocycles. The van der Waals surface area contributed by atoms with Gasteiger partial charge in [0.15, 0.2) is 0 Å². The minimum absolute atomic E-state index is 0.00509. The first-order valence-corrected chi connectivity index (χ1v) is 3.35. The molecule has 0 atom stereocenters. The molecule has 2 rings (SSSR count). The first kappa shape index (κ1) is 7.02. The molecule has 0 aliphatic carbocycles. The maximum absolute atomic E-state index is 12.9. The fourth-order valence-corrected chi connectivity index (χ4v) is 1.08. The fraction of sp³-hybridized carbons (Fsp3) is 0.143. The van der Waals surface area contributed by atoms with Crippen molar-refractivity contribution < 1.29 is 9.50 Å². The Balaban J connectivity index is 2.90. The molecule has 2 aromatic rings. The van der Waals surface area contributed by atoms with E-state index in [-0.39, 0.29) is 11.3 Å². The molecular weight excluding hydrogens is 161 g/mol. The second kappa shape index (κ2) is 2.17. The highest BCUT2D eigenvalue weighted by Gasteiger charge is 2.08. The van der Waals surface area contributed by atoms with Crippen LogP contribution in [0.3, 0.4) is 0 Å². The summed E-state index contributed by atoms with van der Waals surface area (Å²) in [6.07, 6.45) is 1.19. The Morgan fingerprint density at radius 2 is 2.33 bits per heavy atom. The van der Waals surface area contributed by atoms with Crippen molar-refractivity contribution in [2.24, 2.45) is 7.05 Å². The SMILES string of the molecule is Cn1nc(F)c2ncc(O)cc21. The third kappa shape index (κ3) is 0.827. The van der Waals surface area contributed by atoms with Crippen LogP contribution < -0.4 is 0 Å². The first-order valence-electron chi connectivity index (χ1n) is 3.35. The zero-order valence-electron chi connectivity index (χ0n) is 6.32. The molecule has 0 amide bonds. The molecule has 0 unspecified atom stereocenters. The quantitative estimate of drug-likeness (QED) is 0.631. The smallest absolute Gasteiger partial charge is 0.258 e. The summed E-state index contributed by atoms with van der Waals surface area (Å²) in [5.41, 5.74) is 0.655. The van der Waals surface area contributed by atoms with Crippen molar-refractivity contribution in [3.05, 3.63) is 18.2 Å². The molecule has 62 valence electrons. The van der Waals surface area contributed by atoms with Crippen LogP contribution in [0.25, 0.3) is 11.0 Å². The van der Waals surface area contributed by atoms with Crippen LogP contribution in [0.4, 0.5) is 4.39 Å². The highest BCUT2D eigenvalue weighted by molar-refractivity contribution is 5.75. The summed E-state index contributed by atoms with van der Waals surface area (Å²) in [6.45, 7) is 0. The molecule has 0 aliphatic rings. The average Bonchev–Trinajstić information content (AvgIpc) is 2.28. The van der Waals surface area contributed by atoms with Gasteiger partial charge in [-0.05, 0) is 0 Å². The maximum atomic E-state index is 12.9. The van der Waals surface area contributed by atoms with Crippen LogP contribution in [0.2, 0.25) is 0 Å². The van der Waals surface area contributed by atoms with Gasteiger partial charge in [0.25, 0.3) is 5.95 Å². The summed E-state index contributed by atoms with van der Waals surface area (Å²) >= 11 is 0. The van der Waals surface area contributed by atoms with E-state index < -0.39 is 5.95 Å². The van der Waals surface area contributed by atoms with Crippen molar-refractivity contribution in [3.8, 4) is 5.75 Å². The van der Waals surface area contributed by atoms with Crippen molar-refractivity contribution in [2.75, 3.05) is 0 Å². The Hall–Kier alpha value is -1.65. The second-order valence-electron chi connectivity index (χ2n) is 2.48. The van der Waals surface area contributed by atoms with Crippen molar-refractivity contribution in [1.29, 1.82) is 0 Å². The molecule has 1 N–H and O–H groups in total. The van der Waals surface area contributed by atoms with Crippen LogP contribution in [0.1, 0.15) is 0 Å². The highest BCUT2D eigenvalue weighted by Crippen LogP contribution is 2.18. The number of aromatic nitrogens is 3. The van der Waals surface area contributed by atoms with Crippen LogP contribution in [-0.4, -0.2) is 19.9 Å². The Morgan fingerprint density at radius 1 is 1.58 bits per heavy atom. The molecule has 12 heavy (non-hydrogen) atoms. The van der Waals surface area contributed by atoms with Crippen molar-refractivity contribution in [2.45, 2.75) is 0 Å². The molecule has 2 heterocycles. The standard InChI is InChI=1S/C7H6FN3O/c1-11-5-2-4(12)3-9-6(5)7(8)10-11/h2-3,12H,1H3. The van der Waals surface area contributed by atoms with Crippen LogP contribution in [0, 0.1) is 5.95 Å². The molecule has 5 heteroatoms. The minimum atomic E-state index is -0.618. The highest BCUT2D eigenvalue weighted by atomic mass is 19.1. The van der Waals surface area contributed by atoms with Gasteiger partial charge in [0, 0.05) is 13.1 Å². The van der Waals surface area contributed by atoms with E-state index in [0.29, 0.717) is 5.52 Å². The number of hydrogen-bond donors (Lipinski definition) is 1. The molecule has 0 aliphatic heterocycles. The fourth-order valence-electron chi connectivity index (χ4n) is 1.08. The summed E-state index contributed by atoms with van der Waals surface area (Å²) < 4.78 is 14.2. The summed E-state index contributed by atoms with van der Waals surface area (Å²) in [6, 6.07) is 1.42. The lowest BCUT2D eigenvalue weighted by Gasteiger charge is -1.92. The summed E-state index contributed by atoms with van der Waals surface area (Å²) in [4.78, 5) is 3.69. The molecule has 0 bridgehead atoms. The molecule has 0 aromatic carbocycles. The summed E-state index contributed by atoms with van der Waals surface area (Å²) in [5.74, 6) is -0.613. The lowest BCUT2D eigenvalue weighted by molar-refractivity contribution is 0.473. The van der Waals surface area contributed by atoms with Crippen molar-refractivity contribution >= 4 is 11.0 Å². The van der Waals surface area contributed by atoms with Gasteiger partial charge in [-0.1, -0.05) is 0 Å². The maximum Gasteiger partial charge on any atom is 0.258 e. The number of rotatable bonds is 0. The van der Waals surface area contributed by atoms with Crippen molar-refractivity contribution in [3.63, 3.8) is 0 Å². The first-order chi connectivity index (χ1) is 5.68. The lowest BCUT2D eigenvalue weighted by atomic mass is 10.4. The van der Waals surface area contributed by atoms with E-state index in [1.165, 1.54) is 16.9 Å². The second-order valence-corrected chi connectivity index (χ2v) is 2.48. The van der Waals surface area contributed by atoms with E-state index in [9.17, 15) is 4.39 Å². The van der Waals surface area contributed by atoms with Gasteiger partial charge in [-0.2, -0.15) is 4.39 Å². The van der Waals surface area contributed by atoms with E-state index in [0.717, 1.165) is 0 Å². The Bertz CT molecular complexity index is 437. The van der Waals surface area contributed by atoms with E-state index in [1.807, 2.05) is 0 Å². The van der Waals surface area contributed by atoms with Crippen LogP contribution in [-0.2, 0) is 7.05 Å². The summed E-state index contributed by atoms with van der Waals surface area (Å²) in [5, 5.41) is 12.5. The molecule has 2 aromatic heterocycles. The van der Waals surface area contributed by atoms with Gasteiger partial charge in [-0.15, -0.1) is 5.10 Å². The molecular formula is C7H6FN3O. The summed E-state index contributed by atoms with van der Waals surface area (Å²) in [7, 11) is 1.59. The van der Waals surface area contributed by atoms with Crippen LogP contribution in [0.5, 0.6) is 5.75 Å². The van der Waals surface area contributed by atoms with Gasteiger partial charge < -0.3 is 5.11 Å². The number of nitrogens with zero attached hydrogens (tertiary/aromatic N) is 3. The van der Waals surface area contributed by atoms with E-state index in [4.69, 9.17) is 5.11 Å². The van der Waals surface area contributed by atoms with Crippen LogP contribution >= 0.6 is 0 Å². The predicted octanol–water partition coefficient (Wildman–Crippen LogP) is 0.813. The third-order valence-electron chi connectivity index (χ3n) is 1.63. The van der Waals surface area contributed by atoms with Crippen LogP contribution in [0.15, 0.2) is 12.3 Å². The third-order valence-corrected chi connectivity index (χ3v) is 1.63. The van der Waals surface area contributed by atoms with E-state index in [1.54, 1.807) is 7.05 Å². The zero-order valence-corrected chi connectivity index (χ0v) is 6.32. The Labute approximate surface area is 67.3 Å². The minimum Gasteiger partial charge on any atom is -0.506 e. The largest absolute Gasteiger partial charge is 0.506 e. The molecule has 0 radical (unpaired) electrons. The number of aryl methyl sites for hydroxylation is 1. The number of fused-ring (bicyclic) bond motifs is 1. The van der Waals surface area contributed by atoms with Gasteiger partial charge in [-0.25, -0.2) is 4.98 Å². The zero-order chi connectivity index (χ0) is 8.72. The van der Waals surface area contributed by atoms with Crippen molar-refractivity contribution in [1.82, 2.24) is 14.8 Å². The number of hydrogen-bond acceptors (Lipinski definition) is 3. The normalized spacial score (nSPS) is 10.8. The van der Waals surface area contributed by atoms with E-state index >= 15 is 0 Å². The van der Waals surface area contributed by atoms with Gasteiger partial charge in [0.2, 0.25) is 0 Å². The van der Waals surface area contributed by atoms with Gasteiger partial charge >= 0.3 is 0 Å². The number of halogens is 1. The average molecular weight is 167 g/mol. The monoisotopic (exact) mass is 167 g/mol. The predicted molar refractivity (Wildman–Crippen MR) is 40.1 cm³/mol. The van der Waals surface area contributed by atoms with Gasteiger partial charge in [0.1, 0.15) is 11.3 Å². The number of pyridine rings is 1. The lowest BCUT2D eigenvalue weighted by Crippen LogP contribution is -1.89. The molecule has 4 nitrogen and oxygen atoms in total. The number of aromatic hydroxyl groups is 1. The molecule has 0 spiro atoms. The van der Waals surface area contributed by atoms with E-state index in [2.05, 4.69) is 10.1 Å².